The third-order valence-corrected chi connectivity index (χ3v) is 4.68. The number of rotatable bonds is 5. The minimum Gasteiger partial charge on any atom is -0.349 e. The smallest absolute Gasteiger partial charge is 0.349 e. The number of hydrogen-bond donors (Lipinski definition) is 1. The number of carbonyl (C=O) groups is 1. The standard InChI is InChI=1S/C13H16F3NO3S/c1-3-21(19,20)8-9(2)17-12(18)10-4-6-11(7-5-10)13(14,15)16/h4-7,9H,3,8H2,1-2H3,(H,17,18). The van der Waals surface area contributed by atoms with Gasteiger partial charge in [-0.25, -0.2) is 8.42 Å². The Morgan fingerprint density at radius 1 is 1.24 bits per heavy atom. The Hall–Kier alpha value is -1.57. The number of halogens is 3. The fourth-order valence-electron chi connectivity index (χ4n) is 1.66. The maximum Gasteiger partial charge on any atom is 0.416 e. The fraction of sp³-hybridized carbons (Fsp3) is 0.462. The molecule has 1 rings (SSSR count). The quantitative estimate of drug-likeness (QED) is 0.904. The van der Waals surface area contributed by atoms with E-state index < -0.39 is 33.5 Å². The van der Waals surface area contributed by atoms with Crippen molar-refractivity contribution in [3.63, 3.8) is 0 Å². The van der Waals surface area contributed by atoms with Gasteiger partial charge in [0.2, 0.25) is 0 Å². The molecule has 0 radical (unpaired) electrons. The van der Waals surface area contributed by atoms with Gasteiger partial charge in [0, 0.05) is 17.4 Å². The molecule has 1 aromatic rings. The average Bonchev–Trinajstić information content (AvgIpc) is 2.37. The summed E-state index contributed by atoms with van der Waals surface area (Å²) in [5.74, 6) is -0.855. The van der Waals surface area contributed by atoms with E-state index in [1.807, 2.05) is 0 Å². The van der Waals surface area contributed by atoms with E-state index in [0.717, 1.165) is 24.3 Å². The number of sulfone groups is 1. The molecule has 0 aliphatic carbocycles. The van der Waals surface area contributed by atoms with Crippen LogP contribution >= 0.6 is 0 Å². The van der Waals surface area contributed by atoms with E-state index in [1.54, 1.807) is 0 Å². The molecule has 0 saturated carbocycles. The Morgan fingerprint density at radius 3 is 2.19 bits per heavy atom. The minimum absolute atomic E-state index is 0.0342. The number of nitrogens with one attached hydrogen (secondary N) is 1. The highest BCUT2D eigenvalue weighted by atomic mass is 32.2. The second-order valence-electron chi connectivity index (χ2n) is 4.65. The van der Waals surface area contributed by atoms with Gasteiger partial charge >= 0.3 is 6.18 Å². The summed E-state index contributed by atoms with van der Waals surface area (Å²) in [5, 5.41) is 2.45. The van der Waals surface area contributed by atoms with E-state index in [4.69, 9.17) is 0 Å². The molecule has 1 unspecified atom stereocenters. The number of benzene rings is 1. The third kappa shape index (κ3) is 5.37. The third-order valence-electron chi connectivity index (χ3n) is 2.80. The van der Waals surface area contributed by atoms with Crippen molar-refractivity contribution in [1.29, 1.82) is 0 Å². The van der Waals surface area contributed by atoms with Crippen LogP contribution in [0.5, 0.6) is 0 Å². The van der Waals surface area contributed by atoms with Crippen molar-refractivity contribution in [2.75, 3.05) is 11.5 Å². The average molecular weight is 323 g/mol. The van der Waals surface area contributed by atoms with Crippen molar-refractivity contribution in [3.05, 3.63) is 35.4 Å². The van der Waals surface area contributed by atoms with Crippen molar-refractivity contribution < 1.29 is 26.4 Å². The zero-order valence-electron chi connectivity index (χ0n) is 11.6. The van der Waals surface area contributed by atoms with Gasteiger partial charge < -0.3 is 5.32 Å². The van der Waals surface area contributed by atoms with Crippen LogP contribution in [-0.4, -0.2) is 31.9 Å². The molecule has 0 aliphatic heterocycles. The summed E-state index contributed by atoms with van der Waals surface area (Å²) < 4.78 is 60.0. The predicted octanol–water partition coefficient (Wildman–Crippen LogP) is 2.26. The zero-order chi connectivity index (χ0) is 16.3. The molecule has 1 atom stereocenters. The lowest BCUT2D eigenvalue weighted by atomic mass is 10.1. The van der Waals surface area contributed by atoms with Crippen molar-refractivity contribution in [1.82, 2.24) is 5.32 Å². The molecule has 1 aromatic carbocycles. The van der Waals surface area contributed by atoms with E-state index in [0.29, 0.717) is 0 Å². The number of alkyl halides is 3. The second-order valence-corrected chi connectivity index (χ2v) is 7.05. The molecule has 0 aromatic heterocycles. The number of carbonyl (C=O) groups excluding carboxylic acids is 1. The van der Waals surface area contributed by atoms with Crippen LogP contribution in [0, 0.1) is 0 Å². The van der Waals surface area contributed by atoms with Gasteiger partial charge in [-0.2, -0.15) is 13.2 Å². The van der Waals surface area contributed by atoms with Crippen molar-refractivity contribution >= 4 is 15.7 Å². The highest BCUT2D eigenvalue weighted by Crippen LogP contribution is 2.29. The molecule has 0 heterocycles. The highest BCUT2D eigenvalue weighted by Gasteiger charge is 2.30. The molecule has 118 valence electrons. The minimum atomic E-state index is -4.46. The summed E-state index contributed by atoms with van der Waals surface area (Å²) in [6, 6.07) is 3.10. The summed E-state index contributed by atoms with van der Waals surface area (Å²) in [6.45, 7) is 3.02. The molecule has 0 saturated heterocycles. The second kappa shape index (κ2) is 6.46. The summed E-state index contributed by atoms with van der Waals surface area (Å²) in [6.07, 6.45) is -4.46. The van der Waals surface area contributed by atoms with Crippen LogP contribution in [0.4, 0.5) is 13.2 Å². The first-order chi connectivity index (χ1) is 9.55. The first-order valence-electron chi connectivity index (χ1n) is 6.23. The van der Waals surface area contributed by atoms with E-state index in [-0.39, 0.29) is 17.1 Å². The summed E-state index contributed by atoms with van der Waals surface area (Å²) in [5.41, 5.74) is -0.801. The molecule has 0 bridgehead atoms. The van der Waals surface area contributed by atoms with Crippen molar-refractivity contribution in [2.24, 2.45) is 0 Å². The maximum atomic E-state index is 12.4. The van der Waals surface area contributed by atoms with E-state index in [9.17, 15) is 26.4 Å². The van der Waals surface area contributed by atoms with E-state index in [2.05, 4.69) is 5.32 Å². The van der Waals surface area contributed by atoms with E-state index >= 15 is 0 Å². The van der Waals surface area contributed by atoms with Crippen LogP contribution < -0.4 is 5.32 Å². The lowest BCUT2D eigenvalue weighted by molar-refractivity contribution is -0.137. The summed E-state index contributed by atoms with van der Waals surface area (Å²) in [4.78, 5) is 11.8. The lowest BCUT2D eigenvalue weighted by Crippen LogP contribution is -2.38. The first kappa shape index (κ1) is 17.5. The van der Waals surface area contributed by atoms with Gasteiger partial charge in [-0.05, 0) is 31.2 Å². The zero-order valence-corrected chi connectivity index (χ0v) is 12.4. The van der Waals surface area contributed by atoms with E-state index in [1.165, 1.54) is 13.8 Å². The first-order valence-corrected chi connectivity index (χ1v) is 8.06. The van der Waals surface area contributed by atoms with Crippen molar-refractivity contribution in [3.8, 4) is 0 Å². The van der Waals surface area contributed by atoms with Gasteiger partial charge in [0.25, 0.3) is 5.91 Å². The Morgan fingerprint density at radius 2 is 1.76 bits per heavy atom. The molecule has 1 N–H and O–H groups in total. The fourth-order valence-corrected chi connectivity index (χ4v) is 2.74. The van der Waals surface area contributed by atoms with Gasteiger partial charge in [0.1, 0.15) is 0 Å². The molecule has 0 aliphatic rings. The SMILES string of the molecule is CCS(=O)(=O)CC(C)NC(=O)c1ccc(C(F)(F)F)cc1. The monoisotopic (exact) mass is 323 g/mol. The van der Waals surface area contributed by atoms with Crippen LogP contribution in [0.25, 0.3) is 0 Å². The molecule has 0 fully saturated rings. The molecular weight excluding hydrogens is 307 g/mol. The molecule has 21 heavy (non-hydrogen) atoms. The Labute approximate surface area is 121 Å². The largest absolute Gasteiger partial charge is 0.416 e. The lowest BCUT2D eigenvalue weighted by Gasteiger charge is -2.14. The highest BCUT2D eigenvalue weighted by molar-refractivity contribution is 7.91. The topological polar surface area (TPSA) is 63.2 Å². The molecule has 1 amide bonds. The molecule has 4 nitrogen and oxygen atoms in total. The van der Waals surface area contributed by atoms with Gasteiger partial charge in [-0.1, -0.05) is 6.92 Å². The number of hydrogen-bond acceptors (Lipinski definition) is 3. The molecular formula is C13H16F3NO3S. The summed E-state index contributed by atoms with van der Waals surface area (Å²) in [7, 11) is -3.24. The Kier molecular flexibility index (Phi) is 5.38. The molecule has 0 spiro atoms. The molecule has 8 heteroatoms. The van der Waals surface area contributed by atoms with Crippen LogP contribution in [-0.2, 0) is 16.0 Å². The van der Waals surface area contributed by atoms with Crippen LogP contribution in [0.3, 0.4) is 0 Å². The predicted molar refractivity (Wildman–Crippen MR) is 72.7 cm³/mol. The van der Waals surface area contributed by atoms with Gasteiger partial charge in [-0.15, -0.1) is 0 Å². The van der Waals surface area contributed by atoms with Gasteiger partial charge in [0.05, 0.1) is 11.3 Å². The normalized spacial score (nSPS) is 13.8. The Balaban J connectivity index is 2.72. The van der Waals surface area contributed by atoms with Gasteiger partial charge in [0.15, 0.2) is 9.84 Å². The Bertz CT molecular complexity index is 594. The van der Waals surface area contributed by atoms with Crippen LogP contribution in [0.1, 0.15) is 29.8 Å². The van der Waals surface area contributed by atoms with Crippen molar-refractivity contribution in [2.45, 2.75) is 26.1 Å². The summed E-state index contributed by atoms with van der Waals surface area (Å²) >= 11 is 0. The number of amides is 1. The van der Waals surface area contributed by atoms with Crippen LogP contribution in [0.15, 0.2) is 24.3 Å². The maximum absolute atomic E-state index is 12.4. The van der Waals surface area contributed by atoms with Crippen LogP contribution in [0.2, 0.25) is 0 Å². The van der Waals surface area contributed by atoms with Gasteiger partial charge in [-0.3, -0.25) is 4.79 Å².